The van der Waals surface area contributed by atoms with Gasteiger partial charge in [0.1, 0.15) is 23.0 Å². The van der Waals surface area contributed by atoms with Gasteiger partial charge in [0.25, 0.3) is 0 Å². The molecule has 0 aliphatic rings. The summed E-state index contributed by atoms with van der Waals surface area (Å²) in [5.74, 6) is 2.31. The summed E-state index contributed by atoms with van der Waals surface area (Å²) < 4.78 is 11.3. The second kappa shape index (κ2) is 7.19. The van der Waals surface area contributed by atoms with Crippen molar-refractivity contribution in [2.45, 2.75) is 6.54 Å². The third kappa shape index (κ3) is 3.70. The molecule has 0 bridgehead atoms. The standard InChI is InChI=1S/C19H20N4O2/c1-23(2)19(21)13-8-9-16(17-11-15(12-20)25-22-17)18(10-13)24-14-6-4-3-5-7-14/h3-11,21H,12,20H2,1-2H3. The summed E-state index contributed by atoms with van der Waals surface area (Å²) in [7, 11) is 3.66. The van der Waals surface area contributed by atoms with Crippen molar-refractivity contribution in [3.8, 4) is 22.8 Å². The van der Waals surface area contributed by atoms with Gasteiger partial charge in [0.05, 0.1) is 6.54 Å². The first-order chi connectivity index (χ1) is 12.1. The summed E-state index contributed by atoms with van der Waals surface area (Å²) in [5, 5.41) is 12.3. The first kappa shape index (κ1) is 16.7. The van der Waals surface area contributed by atoms with Crippen molar-refractivity contribution in [1.29, 1.82) is 5.41 Å². The van der Waals surface area contributed by atoms with Crippen LogP contribution in [0.2, 0.25) is 0 Å². The fraction of sp³-hybridized carbons (Fsp3) is 0.158. The van der Waals surface area contributed by atoms with Crippen LogP contribution in [-0.4, -0.2) is 30.0 Å². The monoisotopic (exact) mass is 336 g/mol. The molecule has 0 saturated heterocycles. The van der Waals surface area contributed by atoms with E-state index in [1.54, 1.807) is 11.0 Å². The van der Waals surface area contributed by atoms with Crippen LogP contribution in [0.25, 0.3) is 11.3 Å². The molecule has 1 aromatic heterocycles. The van der Waals surface area contributed by atoms with E-state index in [9.17, 15) is 0 Å². The Balaban J connectivity index is 2.05. The Morgan fingerprint density at radius 3 is 2.56 bits per heavy atom. The molecule has 3 rings (SSSR count). The number of benzene rings is 2. The van der Waals surface area contributed by atoms with E-state index in [-0.39, 0.29) is 6.54 Å². The van der Waals surface area contributed by atoms with Gasteiger partial charge < -0.3 is 19.9 Å². The molecule has 6 heteroatoms. The Morgan fingerprint density at radius 2 is 1.92 bits per heavy atom. The highest BCUT2D eigenvalue weighted by Gasteiger charge is 2.15. The molecule has 0 amide bonds. The lowest BCUT2D eigenvalue weighted by Gasteiger charge is -2.16. The van der Waals surface area contributed by atoms with Crippen LogP contribution in [0.5, 0.6) is 11.5 Å². The van der Waals surface area contributed by atoms with E-state index in [1.807, 2.05) is 62.6 Å². The third-order valence-electron chi connectivity index (χ3n) is 3.71. The second-order valence-electron chi connectivity index (χ2n) is 5.75. The molecule has 1 heterocycles. The number of hydrogen-bond acceptors (Lipinski definition) is 5. The van der Waals surface area contributed by atoms with Gasteiger partial charge in [-0.15, -0.1) is 0 Å². The molecule has 128 valence electrons. The molecular formula is C19H20N4O2. The van der Waals surface area contributed by atoms with E-state index in [0.29, 0.717) is 28.8 Å². The largest absolute Gasteiger partial charge is 0.457 e. The zero-order chi connectivity index (χ0) is 17.8. The Labute approximate surface area is 146 Å². The van der Waals surface area contributed by atoms with Crippen LogP contribution in [0.3, 0.4) is 0 Å². The van der Waals surface area contributed by atoms with Gasteiger partial charge in [-0.1, -0.05) is 29.4 Å². The van der Waals surface area contributed by atoms with Crippen LogP contribution in [0.15, 0.2) is 59.1 Å². The summed E-state index contributed by atoms with van der Waals surface area (Å²) in [6, 6.07) is 16.9. The van der Waals surface area contributed by atoms with Crippen molar-refractivity contribution in [1.82, 2.24) is 10.1 Å². The predicted octanol–water partition coefficient (Wildman–Crippen LogP) is 3.48. The fourth-order valence-electron chi connectivity index (χ4n) is 2.38. The topological polar surface area (TPSA) is 88.4 Å². The zero-order valence-corrected chi connectivity index (χ0v) is 14.2. The first-order valence-electron chi connectivity index (χ1n) is 7.87. The highest BCUT2D eigenvalue weighted by molar-refractivity contribution is 5.97. The number of amidine groups is 1. The van der Waals surface area contributed by atoms with E-state index in [2.05, 4.69) is 5.16 Å². The van der Waals surface area contributed by atoms with Gasteiger partial charge in [-0.25, -0.2) is 0 Å². The normalized spacial score (nSPS) is 10.5. The highest BCUT2D eigenvalue weighted by Crippen LogP contribution is 2.34. The van der Waals surface area contributed by atoms with Gasteiger partial charge in [0.2, 0.25) is 0 Å². The Hall–Kier alpha value is -3.12. The van der Waals surface area contributed by atoms with Crippen molar-refractivity contribution in [3.05, 3.63) is 65.9 Å². The SMILES string of the molecule is CN(C)C(=N)c1ccc(-c2cc(CN)on2)c(Oc2ccccc2)c1. The predicted molar refractivity (Wildman–Crippen MR) is 96.9 cm³/mol. The molecule has 0 saturated carbocycles. The molecule has 0 atom stereocenters. The molecule has 3 aromatic rings. The second-order valence-corrected chi connectivity index (χ2v) is 5.75. The lowest BCUT2D eigenvalue weighted by molar-refractivity contribution is 0.386. The number of nitrogens with zero attached hydrogens (tertiary/aromatic N) is 2. The van der Waals surface area contributed by atoms with Gasteiger partial charge in [0.15, 0.2) is 5.76 Å². The Morgan fingerprint density at radius 1 is 1.16 bits per heavy atom. The van der Waals surface area contributed by atoms with Crippen molar-refractivity contribution in [2.24, 2.45) is 5.73 Å². The van der Waals surface area contributed by atoms with E-state index in [4.69, 9.17) is 20.4 Å². The maximum absolute atomic E-state index is 8.19. The summed E-state index contributed by atoms with van der Waals surface area (Å²) >= 11 is 0. The van der Waals surface area contributed by atoms with Gasteiger partial charge in [-0.2, -0.15) is 0 Å². The minimum Gasteiger partial charge on any atom is -0.457 e. The zero-order valence-electron chi connectivity index (χ0n) is 14.2. The fourth-order valence-corrected chi connectivity index (χ4v) is 2.38. The Bertz CT molecular complexity index is 872. The maximum Gasteiger partial charge on any atom is 0.150 e. The van der Waals surface area contributed by atoms with Crippen LogP contribution in [0.1, 0.15) is 11.3 Å². The van der Waals surface area contributed by atoms with Crippen molar-refractivity contribution in [2.75, 3.05) is 14.1 Å². The van der Waals surface area contributed by atoms with Crippen LogP contribution >= 0.6 is 0 Å². The maximum atomic E-state index is 8.19. The summed E-state index contributed by atoms with van der Waals surface area (Å²) in [4.78, 5) is 1.74. The number of rotatable bonds is 5. The number of aromatic nitrogens is 1. The molecule has 0 radical (unpaired) electrons. The Kier molecular flexibility index (Phi) is 4.81. The number of nitrogens with one attached hydrogen (secondary N) is 1. The number of ether oxygens (including phenoxy) is 1. The van der Waals surface area contributed by atoms with E-state index >= 15 is 0 Å². The van der Waals surface area contributed by atoms with E-state index in [0.717, 1.165) is 11.1 Å². The third-order valence-corrected chi connectivity index (χ3v) is 3.71. The molecule has 0 aliphatic carbocycles. The van der Waals surface area contributed by atoms with E-state index < -0.39 is 0 Å². The molecule has 0 unspecified atom stereocenters. The minimum atomic E-state index is 0.283. The van der Waals surface area contributed by atoms with Gasteiger partial charge in [-0.3, -0.25) is 5.41 Å². The lowest BCUT2D eigenvalue weighted by Crippen LogP contribution is -2.21. The molecule has 6 nitrogen and oxygen atoms in total. The van der Waals surface area contributed by atoms with Crippen molar-refractivity contribution >= 4 is 5.84 Å². The minimum absolute atomic E-state index is 0.283. The molecule has 0 spiro atoms. The molecule has 25 heavy (non-hydrogen) atoms. The average molecular weight is 336 g/mol. The van der Waals surface area contributed by atoms with E-state index in [1.165, 1.54) is 0 Å². The summed E-state index contributed by atoms with van der Waals surface area (Å²) in [5.41, 5.74) is 7.78. The van der Waals surface area contributed by atoms with Gasteiger partial charge >= 0.3 is 0 Å². The van der Waals surface area contributed by atoms with Crippen LogP contribution in [0.4, 0.5) is 0 Å². The summed E-state index contributed by atoms with van der Waals surface area (Å²) in [6.45, 7) is 0.283. The quantitative estimate of drug-likeness (QED) is 0.550. The van der Waals surface area contributed by atoms with Crippen molar-refractivity contribution in [3.63, 3.8) is 0 Å². The number of para-hydroxylation sites is 1. The summed E-state index contributed by atoms with van der Waals surface area (Å²) in [6.07, 6.45) is 0. The number of nitrogens with two attached hydrogens (primary N) is 1. The lowest BCUT2D eigenvalue weighted by atomic mass is 10.1. The van der Waals surface area contributed by atoms with Crippen molar-refractivity contribution < 1.29 is 9.26 Å². The smallest absolute Gasteiger partial charge is 0.150 e. The van der Waals surface area contributed by atoms with Crippen LogP contribution < -0.4 is 10.5 Å². The average Bonchev–Trinajstić information content (AvgIpc) is 3.10. The first-order valence-corrected chi connectivity index (χ1v) is 7.87. The highest BCUT2D eigenvalue weighted by atomic mass is 16.5. The van der Waals surface area contributed by atoms with Crippen LogP contribution in [-0.2, 0) is 6.54 Å². The van der Waals surface area contributed by atoms with Crippen LogP contribution in [0, 0.1) is 5.41 Å². The number of hydrogen-bond donors (Lipinski definition) is 2. The molecule has 0 fully saturated rings. The molecular weight excluding hydrogens is 316 g/mol. The molecule has 2 aromatic carbocycles. The van der Waals surface area contributed by atoms with Gasteiger partial charge in [0, 0.05) is 31.3 Å². The molecule has 3 N–H and O–H groups in total. The van der Waals surface area contributed by atoms with Gasteiger partial charge in [-0.05, 0) is 24.3 Å². The molecule has 0 aliphatic heterocycles.